The average molecular weight is 259 g/mol. The predicted octanol–water partition coefficient (Wildman–Crippen LogP) is 5.52. The fraction of sp³-hybridized carbons (Fsp3) is 0.294. The fourth-order valence-electron chi connectivity index (χ4n) is 2.49. The summed E-state index contributed by atoms with van der Waals surface area (Å²) in [6.45, 7) is 6.83. The van der Waals surface area contributed by atoms with E-state index >= 15 is 0 Å². The van der Waals surface area contributed by atoms with E-state index in [1.165, 1.54) is 11.1 Å². The van der Waals surface area contributed by atoms with E-state index in [0.717, 1.165) is 5.02 Å². The van der Waals surface area contributed by atoms with Crippen molar-refractivity contribution < 1.29 is 0 Å². The molecule has 0 saturated heterocycles. The van der Waals surface area contributed by atoms with Crippen LogP contribution in [0.15, 0.2) is 54.6 Å². The molecule has 0 amide bonds. The van der Waals surface area contributed by atoms with Gasteiger partial charge in [0.1, 0.15) is 0 Å². The number of rotatable bonds is 2. The number of halogens is 1. The second kappa shape index (κ2) is 5.16. The first-order valence-corrected chi connectivity index (χ1v) is 6.67. The standard InChI is InChI=1S/C17H19Cl/c1-17(2,3)16(13-7-5-4-6-8-13)14-9-11-15(18)12-10-14/h4-12,16H,1-3H3. The van der Waals surface area contributed by atoms with Crippen LogP contribution in [-0.2, 0) is 0 Å². The highest BCUT2D eigenvalue weighted by atomic mass is 35.5. The molecule has 1 unspecified atom stereocenters. The lowest BCUT2D eigenvalue weighted by molar-refractivity contribution is 0.358. The van der Waals surface area contributed by atoms with Gasteiger partial charge in [0.2, 0.25) is 0 Å². The molecule has 0 heterocycles. The predicted molar refractivity (Wildman–Crippen MR) is 79.2 cm³/mol. The summed E-state index contributed by atoms with van der Waals surface area (Å²) in [7, 11) is 0. The molecule has 2 rings (SSSR count). The lowest BCUT2D eigenvalue weighted by Crippen LogP contribution is -2.19. The highest BCUT2D eigenvalue weighted by Gasteiger charge is 2.27. The van der Waals surface area contributed by atoms with Crippen LogP contribution in [0.4, 0.5) is 0 Å². The maximum Gasteiger partial charge on any atom is 0.0406 e. The van der Waals surface area contributed by atoms with Gasteiger partial charge < -0.3 is 0 Å². The molecular formula is C17H19Cl. The number of benzene rings is 2. The highest BCUT2D eigenvalue weighted by Crippen LogP contribution is 2.40. The third kappa shape index (κ3) is 2.94. The molecule has 2 aromatic rings. The van der Waals surface area contributed by atoms with Crippen LogP contribution in [0.25, 0.3) is 0 Å². The van der Waals surface area contributed by atoms with E-state index in [1.54, 1.807) is 0 Å². The van der Waals surface area contributed by atoms with E-state index in [2.05, 4.69) is 63.2 Å². The molecule has 1 atom stereocenters. The highest BCUT2D eigenvalue weighted by molar-refractivity contribution is 6.30. The molecule has 0 N–H and O–H groups in total. The monoisotopic (exact) mass is 258 g/mol. The van der Waals surface area contributed by atoms with Gasteiger partial charge in [-0.05, 0) is 28.7 Å². The molecule has 0 aliphatic rings. The zero-order chi connectivity index (χ0) is 13.2. The molecule has 0 radical (unpaired) electrons. The second-order valence-electron chi connectivity index (χ2n) is 5.76. The van der Waals surface area contributed by atoms with Gasteiger partial charge in [-0.3, -0.25) is 0 Å². The van der Waals surface area contributed by atoms with E-state index in [0.29, 0.717) is 5.92 Å². The van der Waals surface area contributed by atoms with Gasteiger partial charge in [0.15, 0.2) is 0 Å². The Hall–Kier alpha value is -1.27. The minimum absolute atomic E-state index is 0.176. The largest absolute Gasteiger partial charge is 0.0843 e. The second-order valence-corrected chi connectivity index (χ2v) is 6.20. The minimum atomic E-state index is 0.176. The topological polar surface area (TPSA) is 0 Å². The summed E-state index contributed by atoms with van der Waals surface area (Å²) >= 11 is 5.98. The average Bonchev–Trinajstić information content (AvgIpc) is 2.32. The number of hydrogen-bond acceptors (Lipinski definition) is 0. The van der Waals surface area contributed by atoms with Crippen LogP contribution in [0.3, 0.4) is 0 Å². The van der Waals surface area contributed by atoms with E-state index in [-0.39, 0.29) is 5.41 Å². The molecule has 0 bridgehead atoms. The van der Waals surface area contributed by atoms with Crippen LogP contribution < -0.4 is 0 Å². The van der Waals surface area contributed by atoms with E-state index < -0.39 is 0 Å². The minimum Gasteiger partial charge on any atom is -0.0843 e. The summed E-state index contributed by atoms with van der Waals surface area (Å²) < 4.78 is 0. The molecule has 0 spiro atoms. The Labute approximate surface area is 115 Å². The fourth-order valence-corrected chi connectivity index (χ4v) is 2.62. The summed E-state index contributed by atoms with van der Waals surface area (Å²) in [6, 6.07) is 18.9. The smallest absolute Gasteiger partial charge is 0.0406 e. The summed E-state index contributed by atoms with van der Waals surface area (Å²) in [4.78, 5) is 0. The summed E-state index contributed by atoms with van der Waals surface area (Å²) in [5.74, 6) is 0.385. The summed E-state index contributed by atoms with van der Waals surface area (Å²) in [6.07, 6.45) is 0. The Kier molecular flexibility index (Phi) is 3.77. The molecule has 0 fully saturated rings. The molecule has 18 heavy (non-hydrogen) atoms. The molecule has 94 valence electrons. The Morgan fingerprint density at radius 2 is 1.28 bits per heavy atom. The molecule has 0 aliphatic carbocycles. The summed E-state index contributed by atoms with van der Waals surface area (Å²) in [5.41, 5.74) is 2.85. The molecule has 0 aliphatic heterocycles. The van der Waals surface area contributed by atoms with E-state index in [4.69, 9.17) is 11.6 Å². The molecule has 0 saturated carbocycles. The third-order valence-corrected chi connectivity index (χ3v) is 3.45. The Bertz CT molecular complexity index is 491. The van der Waals surface area contributed by atoms with Crippen molar-refractivity contribution in [1.82, 2.24) is 0 Å². The van der Waals surface area contributed by atoms with Crippen molar-refractivity contribution in [3.8, 4) is 0 Å². The van der Waals surface area contributed by atoms with Gasteiger partial charge in [0.05, 0.1) is 0 Å². The zero-order valence-electron chi connectivity index (χ0n) is 11.2. The summed E-state index contributed by atoms with van der Waals surface area (Å²) in [5, 5.41) is 0.791. The Morgan fingerprint density at radius 3 is 1.78 bits per heavy atom. The van der Waals surface area contributed by atoms with Gasteiger partial charge in [-0.15, -0.1) is 0 Å². The van der Waals surface area contributed by atoms with E-state index in [9.17, 15) is 0 Å². The maximum absolute atomic E-state index is 5.98. The van der Waals surface area contributed by atoms with Crippen LogP contribution >= 0.6 is 11.6 Å². The normalized spacial score (nSPS) is 13.3. The quantitative estimate of drug-likeness (QED) is 0.666. The maximum atomic E-state index is 5.98. The molecule has 1 heteroatoms. The number of hydrogen-bond donors (Lipinski definition) is 0. The lowest BCUT2D eigenvalue weighted by atomic mass is 9.73. The van der Waals surface area contributed by atoms with Crippen LogP contribution in [0.1, 0.15) is 37.8 Å². The van der Waals surface area contributed by atoms with Gasteiger partial charge in [-0.2, -0.15) is 0 Å². The SMILES string of the molecule is CC(C)(C)C(c1ccccc1)c1ccc(Cl)cc1. The molecule has 2 aromatic carbocycles. The van der Waals surface area contributed by atoms with E-state index in [1.807, 2.05) is 12.1 Å². The van der Waals surface area contributed by atoms with Crippen molar-refractivity contribution in [2.24, 2.45) is 5.41 Å². The third-order valence-electron chi connectivity index (χ3n) is 3.20. The van der Waals surface area contributed by atoms with Crippen molar-refractivity contribution in [3.05, 3.63) is 70.7 Å². The first kappa shape index (κ1) is 13.2. The van der Waals surface area contributed by atoms with Crippen molar-refractivity contribution >= 4 is 11.6 Å². The van der Waals surface area contributed by atoms with Gasteiger partial charge in [0, 0.05) is 10.9 Å². The van der Waals surface area contributed by atoms with Gasteiger partial charge in [0.25, 0.3) is 0 Å². The molecule has 0 nitrogen and oxygen atoms in total. The van der Waals surface area contributed by atoms with Crippen molar-refractivity contribution in [2.75, 3.05) is 0 Å². The van der Waals surface area contributed by atoms with Gasteiger partial charge in [-0.25, -0.2) is 0 Å². The van der Waals surface area contributed by atoms with Crippen LogP contribution in [0.5, 0.6) is 0 Å². The van der Waals surface area contributed by atoms with Gasteiger partial charge >= 0.3 is 0 Å². The van der Waals surface area contributed by atoms with Crippen molar-refractivity contribution in [2.45, 2.75) is 26.7 Å². The van der Waals surface area contributed by atoms with Crippen LogP contribution in [0.2, 0.25) is 5.02 Å². The lowest BCUT2D eigenvalue weighted by Gasteiger charge is -2.31. The molecule has 0 aromatic heterocycles. The van der Waals surface area contributed by atoms with Crippen LogP contribution in [-0.4, -0.2) is 0 Å². The van der Waals surface area contributed by atoms with Crippen molar-refractivity contribution in [1.29, 1.82) is 0 Å². The Balaban J connectivity index is 2.47. The van der Waals surface area contributed by atoms with Gasteiger partial charge in [-0.1, -0.05) is 74.8 Å². The Morgan fingerprint density at radius 1 is 0.778 bits per heavy atom. The van der Waals surface area contributed by atoms with Crippen LogP contribution in [0, 0.1) is 5.41 Å². The zero-order valence-corrected chi connectivity index (χ0v) is 11.9. The first-order valence-electron chi connectivity index (χ1n) is 6.29. The first-order chi connectivity index (χ1) is 8.48. The van der Waals surface area contributed by atoms with Crippen molar-refractivity contribution in [3.63, 3.8) is 0 Å². The molecular weight excluding hydrogens is 240 g/mol.